The zero-order valence-electron chi connectivity index (χ0n) is 12.8. The number of rotatable bonds is 7. The Morgan fingerprint density at radius 3 is 2.48 bits per heavy atom. The van der Waals surface area contributed by atoms with Gasteiger partial charge in [-0.2, -0.15) is 0 Å². The van der Waals surface area contributed by atoms with Gasteiger partial charge in [0.15, 0.2) is 0 Å². The van der Waals surface area contributed by atoms with Gasteiger partial charge in [-0.25, -0.2) is 0 Å². The third-order valence-corrected chi connectivity index (χ3v) is 4.80. The van der Waals surface area contributed by atoms with Gasteiger partial charge in [-0.05, 0) is 37.0 Å². The molecule has 0 amide bonds. The lowest BCUT2D eigenvalue weighted by atomic mass is 9.90. The Morgan fingerprint density at radius 2 is 1.81 bits per heavy atom. The molecule has 0 aromatic heterocycles. The Kier molecular flexibility index (Phi) is 6.75. The summed E-state index contributed by atoms with van der Waals surface area (Å²) in [4.78, 5) is 12.1. The summed E-state index contributed by atoms with van der Waals surface area (Å²) in [6.07, 6.45) is 9.12. The first kappa shape index (κ1) is 16.5. The lowest BCUT2D eigenvalue weighted by Crippen LogP contribution is -2.26. The summed E-state index contributed by atoms with van der Waals surface area (Å²) in [7, 11) is 0. The number of hydrogen-bond acceptors (Lipinski definition) is 2. The molecule has 0 radical (unpaired) electrons. The number of unbranched alkanes of at least 4 members (excludes halogenated alkanes) is 4. The highest BCUT2D eigenvalue weighted by molar-refractivity contribution is 9.10. The van der Waals surface area contributed by atoms with Crippen molar-refractivity contribution in [2.75, 3.05) is 0 Å². The van der Waals surface area contributed by atoms with Gasteiger partial charge in [-0.1, -0.05) is 67.1 Å². The fourth-order valence-electron chi connectivity index (χ4n) is 2.93. The number of halogens is 1. The van der Waals surface area contributed by atoms with Crippen LogP contribution in [0.25, 0.3) is 0 Å². The van der Waals surface area contributed by atoms with Crippen LogP contribution in [0.1, 0.15) is 70.0 Å². The third-order valence-electron chi connectivity index (χ3n) is 4.27. The topological polar surface area (TPSA) is 26.3 Å². The second-order valence-electron chi connectivity index (χ2n) is 5.95. The molecule has 1 aliphatic rings. The molecule has 1 aliphatic heterocycles. The van der Waals surface area contributed by atoms with Crippen molar-refractivity contribution in [1.82, 2.24) is 0 Å². The van der Waals surface area contributed by atoms with Gasteiger partial charge in [-0.3, -0.25) is 4.79 Å². The van der Waals surface area contributed by atoms with Gasteiger partial charge >= 0.3 is 5.97 Å². The maximum absolute atomic E-state index is 12.1. The molecule has 0 N–H and O–H groups in total. The minimum Gasteiger partial charge on any atom is -0.457 e. The highest BCUT2D eigenvalue weighted by Crippen LogP contribution is 2.34. The summed E-state index contributed by atoms with van der Waals surface area (Å²) in [5, 5.41) is 0. The van der Waals surface area contributed by atoms with Crippen LogP contribution < -0.4 is 0 Å². The molecule has 1 aromatic rings. The van der Waals surface area contributed by atoms with Gasteiger partial charge in [0.25, 0.3) is 0 Å². The lowest BCUT2D eigenvalue weighted by Gasteiger charge is -2.28. The maximum atomic E-state index is 12.1. The SMILES string of the molecule is CCCCCCCC1CCC(c2ccc(Br)cc2)OC1=O. The minimum atomic E-state index is -0.0538. The lowest BCUT2D eigenvalue weighted by molar-refractivity contribution is -0.161. The van der Waals surface area contributed by atoms with E-state index in [1.165, 1.54) is 25.7 Å². The summed E-state index contributed by atoms with van der Waals surface area (Å²) in [5.74, 6) is 0.128. The van der Waals surface area contributed by atoms with Crippen LogP contribution in [0.2, 0.25) is 0 Å². The molecule has 21 heavy (non-hydrogen) atoms. The minimum absolute atomic E-state index is 0.00432. The molecule has 116 valence electrons. The van der Waals surface area contributed by atoms with Crippen LogP contribution in [0.15, 0.2) is 28.7 Å². The molecule has 2 atom stereocenters. The largest absolute Gasteiger partial charge is 0.457 e. The Balaban J connectivity index is 1.76. The summed E-state index contributed by atoms with van der Waals surface area (Å²) < 4.78 is 6.70. The zero-order valence-corrected chi connectivity index (χ0v) is 14.4. The van der Waals surface area contributed by atoms with E-state index in [-0.39, 0.29) is 18.0 Å². The number of benzene rings is 1. The number of hydrogen-bond donors (Lipinski definition) is 0. The van der Waals surface area contributed by atoms with Crippen molar-refractivity contribution in [2.45, 2.75) is 64.4 Å². The second kappa shape index (κ2) is 8.57. The van der Waals surface area contributed by atoms with Gasteiger partial charge in [-0.15, -0.1) is 0 Å². The molecule has 2 nitrogen and oxygen atoms in total. The van der Waals surface area contributed by atoms with Gasteiger partial charge in [0.2, 0.25) is 0 Å². The number of esters is 1. The van der Waals surface area contributed by atoms with Crippen molar-refractivity contribution in [3.05, 3.63) is 34.3 Å². The molecular weight excluding hydrogens is 328 g/mol. The molecule has 0 saturated carbocycles. The monoisotopic (exact) mass is 352 g/mol. The van der Waals surface area contributed by atoms with Crippen LogP contribution in [0, 0.1) is 5.92 Å². The van der Waals surface area contributed by atoms with E-state index in [1.54, 1.807) is 0 Å². The molecule has 1 fully saturated rings. The van der Waals surface area contributed by atoms with E-state index >= 15 is 0 Å². The summed E-state index contributed by atoms with van der Waals surface area (Å²) in [6.45, 7) is 2.22. The molecule has 1 aromatic carbocycles. The standard InChI is InChI=1S/C18H25BrO2/c1-2-3-4-5-6-7-15-10-13-17(21-18(15)20)14-8-11-16(19)12-9-14/h8-9,11-12,15,17H,2-7,10,13H2,1H3. The van der Waals surface area contributed by atoms with Crippen LogP contribution in [-0.2, 0) is 9.53 Å². The molecule has 1 saturated heterocycles. The predicted octanol–water partition coefficient (Wildman–Crippen LogP) is 5.80. The van der Waals surface area contributed by atoms with E-state index in [0.29, 0.717) is 0 Å². The molecule has 2 unspecified atom stereocenters. The molecule has 2 rings (SSSR count). The smallest absolute Gasteiger partial charge is 0.309 e. The maximum Gasteiger partial charge on any atom is 0.309 e. The van der Waals surface area contributed by atoms with Gasteiger partial charge in [0.1, 0.15) is 6.10 Å². The van der Waals surface area contributed by atoms with E-state index in [9.17, 15) is 4.79 Å². The first-order valence-corrected chi connectivity index (χ1v) is 8.96. The van der Waals surface area contributed by atoms with Gasteiger partial charge < -0.3 is 4.74 Å². The average molecular weight is 353 g/mol. The van der Waals surface area contributed by atoms with Crippen molar-refractivity contribution < 1.29 is 9.53 Å². The number of ether oxygens (including phenoxy) is 1. The van der Waals surface area contributed by atoms with Crippen molar-refractivity contribution in [3.63, 3.8) is 0 Å². The zero-order chi connectivity index (χ0) is 15.1. The molecule has 0 aliphatic carbocycles. The fourth-order valence-corrected chi connectivity index (χ4v) is 3.20. The van der Waals surface area contributed by atoms with E-state index in [1.807, 2.05) is 24.3 Å². The van der Waals surface area contributed by atoms with E-state index < -0.39 is 0 Å². The van der Waals surface area contributed by atoms with Crippen LogP contribution in [0.3, 0.4) is 0 Å². The van der Waals surface area contributed by atoms with E-state index in [0.717, 1.165) is 35.7 Å². The summed E-state index contributed by atoms with van der Waals surface area (Å²) in [5.41, 5.74) is 1.10. The third kappa shape index (κ3) is 5.14. The number of cyclic esters (lactones) is 1. The normalized spacial score (nSPS) is 22.1. The number of carbonyl (C=O) groups excluding carboxylic acids is 1. The Labute approximate surface area is 136 Å². The summed E-state index contributed by atoms with van der Waals surface area (Å²) in [6, 6.07) is 8.08. The Bertz CT molecular complexity index is 441. The molecule has 3 heteroatoms. The highest BCUT2D eigenvalue weighted by Gasteiger charge is 2.30. The molecule has 1 heterocycles. The average Bonchev–Trinajstić information content (AvgIpc) is 2.49. The van der Waals surface area contributed by atoms with Crippen molar-refractivity contribution in [3.8, 4) is 0 Å². The van der Waals surface area contributed by atoms with Gasteiger partial charge in [0.05, 0.1) is 5.92 Å². The Hall–Kier alpha value is -0.830. The first-order chi connectivity index (χ1) is 10.2. The molecular formula is C18H25BrO2. The van der Waals surface area contributed by atoms with Crippen molar-refractivity contribution in [2.24, 2.45) is 5.92 Å². The van der Waals surface area contributed by atoms with Crippen LogP contribution >= 0.6 is 15.9 Å². The predicted molar refractivity (Wildman–Crippen MR) is 89.1 cm³/mol. The fraction of sp³-hybridized carbons (Fsp3) is 0.611. The van der Waals surface area contributed by atoms with E-state index in [2.05, 4.69) is 22.9 Å². The number of carbonyl (C=O) groups is 1. The quantitative estimate of drug-likeness (QED) is 0.457. The van der Waals surface area contributed by atoms with Gasteiger partial charge in [0, 0.05) is 4.47 Å². The van der Waals surface area contributed by atoms with Crippen molar-refractivity contribution >= 4 is 21.9 Å². The second-order valence-corrected chi connectivity index (χ2v) is 6.87. The van der Waals surface area contributed by atoms with Crippen LogP contribution in [0.4, 0.5) is 0 Å². The molecule has 0 spiro atoms. The van der Waals surface area contributed by atoms with E-state index in [4.69, 9.17) is 4.74 Å². The van der Waals surface area contributed by atoms with Crippen LogP contribution in [0.5, 0.6) is 0 Å². The molecule has 0 bridgehead atoms. The van der Waals surface area contributed by atoms with Crippen LogP contribution in [-0.4, -0.2) is 5.97 Å². The summed E-state index contributed by atoms with van der Waals surface area (Å²) >= 11 is 3.43. The highest BCUT2D eigenvalue weighted by atomic mass is 79.9. The first-order valence-electron chi connectivity index (χ1n) is 8.16. The van der Waals surface area contributed by atoms with Crippen molar-refractivity contribution in [1.29, 1.82) is 0 Å². The Morgan fingerprint density at radius 1 is 1.10 bits per heavy atom.